The number of urea groups is 1. The SMILES string of the molecule is CCNC(=O)Nc1cc(-c2nc(-c3ccccc3)cs2)c(-c2cc(OC(C)C)nc(-c3nnc(C)o3)c2)cn1. The van der Waals surface area contributed by atoms with Gasteiger partial charge in [0.1, 0.15) is 16.5 Å². The number of carbonyl (C=O) groups excluding carboxylic acids is 1. The van der Waals surface area contributed by atoms with Crippen LogP contribution in [0.3, 0.4) is 0 Å². The summed E-state index contributed by atoms with van der Waals surface area (Å²) in [7, 11) is 0. The Labute approximate surface area is 229 Å². The van der Waals surface area contributed by atoms with Crippen LogP contribution in [0.4, 0.5) is 10.6 Å². The first-order valence-corrected chi connectivity index (χ1v) is 13.3. The quantitative estimate of drug-likeness (QED) is 0.237. The molecule has 39 heavy (non-hydrogen) atoms. The molecule has 4 aromatic heterocycles. The number of hydrogen-bond acceptors (Lipinski definition) is 9. The van der Waals surface area contributed by atoms with E-state index in [2.05, 4.69) is 30.8 Å². The minimum Gasteiger partial charge on any atom is -0.475 e. The van der Waals surface area contributed by atoms with Crippen molar-refractivity contribution in [1.82, 2.24) is 30.5 Å². The van der Waals surface area contributed by atoms with Gasteiger partial charge in [-0.2, -0.15) is 0 Å². The topological polar surface area (TPSA) is 128 Å². The van der Waals surface area contributed by atoms with Crippen molar-refractivity contribution in [1.29, 1.82) is 0 Å². The first-order chi connectivity index (χ1) is 18.9. The van der Waals surface area contributed by atoms with Crippen LogP contribution in [0, 0.1) is 6.92 Å². The maximum Gasteiger partial charge on any atom is 0.320 e. The fraction of sp³-hybridized carbons (Fsp3) is 0.214. The molecular formula is C28H27N7O3S. The predicted molar refractivity (Wildman–Crippen MR) is 151 cm³/mol. The molecule has 0 aliphatic heterocycles. The monoisotopic (exact) mass is 541 g/mol. The smallest absolute Gasteiger partial charge is 0.320 e. The summed E-state index contributed by atoms with van der Waals surface area (Å²) in [5.41, 5.74) is 4.69. The fourth-order valence-corrected chi connectivity index (χ4v) is 4.72. The normalized spacial score (nSPS) is 11.0. The number of pyridine rings is 2. The number of amides is 2. The second-order valence-corrected chi connectivity index (χ2v) is 9.73. The third kappa shape index (κ3) is 6.10. The molecule has 0 saturated heterocycles. The average Bonchev–Trinajstić information content (AvgIpc) is 3.58. The molecule has 10 nitrogen and oxygen atoms in total. The molecule has 2 amide bonds. The third-order valence-electron chi connectivity index (χ3n) is 5.50. The Hall–Kier alpha value is -4.64. The van der Waals surface area contributed by atoms with Crippen LogP contribution in [-0.2, 0) is 0 Å². The highest BCUT2D eigenvalue weighted by Gasteiger charge is 2.19. The number of aryl methyl sites for hydroxylation is 1. The predicted octanol–water partition coefficient (Wildman–Crippen LogP) is 6.22. The Morgan fingerprint density at radius 2 is 1.85 bits per heavy atom. The Bertz CT molecular complexity index is 1600. The third-order valence-corrected chi connectivity index (χ3v) is 6.38. The van der Waals surface area contributed by atoms with E-state index in [0.29, 0.717) is 29.8 Å². The lowest BCUT2D eigenvalue weighted by atomic mass is 10.0. The lowest BCUT2D eigenvalue weighted by Gasteiger charge is -2.14. The van der Waals surface area contributed by atoms with Gasteiger partial charge >= 0.3 is 6.03 Å². The summed E-state index contributed by atoms with van der Waals surface area (Å²) >= 11 is 1.51. The zero-order chi connectivity index (χ0) is 27.4. The van der Waals surface area contributed by atoms with Gasteiger partial charge in [-0.15, -0.1) is 21.5 Å². The van der Waals surface area contributed by atoms with Gasteiger partial charge in [0.05, 0.1) is 11.8 Å². The number of aromatic nitrogens is 5. The standard InChI is InChI=1S/C28H27N7O3S/c1-5-29-28(36)33-24-13-20(27-32-23(15-39-27)18-9-7-6-8-10-18)21(14-30-24)19-11-22(26-35-34-17(4)38-26)31-25(12-19)37-16(2)3/h6-16H,5H2,1-4H3,(H2,29,30,33,36). The molecule has 2 N–H and O–H groups in total. The summed E-state index contributed by atoms with van der Waals surface area (Å²) in [5.74, 6) is 1.53. The molecule has 0 aliphatic carbocycles. The number of nitrogens with zero attached hydrogens (tertiary/aromatic N) is 5. The number of rotatable bonds is 8. The van der Waals surface area contributed by atoms with Crippen LogP contribution in [0.25, 0.3) is 44.5 Å². The van der Waals surface area contributed by atoms with Crippen molar-refractivity contribution in [2.75, 3.05) is 11.9 Å². The summed E-state index contributed by atoms with van der Waals surface area (Å²) in [6, 6.07) is 15.1. The molecule has 0 saturated carbocycles. The van der Waals surface area contributed by atoms with E-state index < -0.39 is 0 Å². The summed E-state index contributed by atoms with van der Waals surface area (Å²) in [5, 5.41) is 16.4. The molecule has 0 aliphatic rings. The number of ether oxygens (including phenoxy) is 1. The number of nitrogens with one attached hydrogen (secondary N) is 2. The molecule has 0 radical (unpaired) electrons. The van der Waals surface area contributed by atoms with Gasteiger partial charge in [-0.25, -0.2) is 19.7 Å². The van der Waals surface area contributed by atoms with Gasteiger partial charge in [0.25, 0.3) is 5.89 Å². The summed E-state index contributed by atoms with van der Waals surface area (Å²) in [6.07, 6.45) is 1.61. The number of carbonyl (C=O) groups is 1. The molecule has 0 bridgehead atoms. The van der Waals surface area contributed by atoms with Gasteiger partial charge in [-0.1, -0.05) is 30.3 Å². The van der Waals surface area contributed by atoms with Crippen LogP contribution < -0.4 is 15.4 Å². The van der Waals surface area contributed by atoms with E-state index in [1.54, 1.807) is 13.1 Å². The van der Waals surface area contributed by atoms with Gasteiger partial charge in [-0.3, -0.25) is 5.32 Å². The van der Waals surface area contributed by atoms with Gasteiger partial charge in [0, 0.05) is 47.8 Å². The molecule has 0 unspecified atom stereocenters. The molecule has 1 aromatic carbocycles. The number of hydrogen-bond donors (Lipinski definition) is 2. The minimum atomic E-state index is -0.335. The van der Waals surface area contributed by atoms with E-state index in [0.717, 1.165) is 33.0 Å². The van der Waals surface area contributed by atoms with Crippen molar-refractivity contribution in [3.8, 4) is 50.4 Å². The van der Waals surface area contributed by atoms with Crippen LogP contribution in [-0.4, -0.2) is 43.8 Å². The van der Waals surface area contributed by atoms with Crippen molar-refractivity contribution in [3.63, 3.8) is 0 Å². The highest BCUT2D eigenvalue weighted by Crippen LogP contribution is 2.38. The molecule has 4 heterocycles. The molecule has 5 aromatic rings. The molecule has 198 valence electrons. The van der Waals surface area contributed by atoms with Crippen molar-refractivity contribution in [3.05, 3.63) is 66.0 Å². The van der Waals surface area contributed by atoms with Gasteiger partial charge < -0.3 is 14.5 Å². The summed E-state index contributed by atoms with van der Waals surface area (Å²) < 4.78 is 11.6. The van der Waals surface area contributed by atoms with Gasteiger partial charge in [0.15, 0.2) is 0 Å². The van der Waals surface area contributed by atoms with Crippen molar-refractivity contribution in [2.45, 2.75) is 33.8 Å². The van der Waals surface area contributed by atoms with Gasteiger partial charge in [0.2, 0.25) is 11.8 Å². The molecule has 0 fully saturated rings. The van der Waals surface area contributed by atoms with E-state index in [1.807, 2.05) is 74.7 Å². The van der Waals surface area contributed by atoms with E-state index in [4.69, 9.17) is 14.1 Å². The van der Waals surface area contributed by atoms with Gasteiger partial charge in [-0.05, 0) is 38.5 Å². The van der Waals surface area contributed by atoms with Crippen LogP contribution in [0.15, 0.2) is 64.5 Å². The number of benzene rings is 1. The molecule has 5 rings (SSSR count). The van der Waals surface area contributed by atoms with Crippen molar-refractivity contribution in [2.24, 2.45) is 0 Å². The lowest BCUT2D eigenvalue weighted by molar-refractivity contribution is 0.233. The number of thiazole rings is 1. The zero-order valence-electron chi connectivity index (χ0n) is 21.9. The Kier molecular flexibility index (Phi) is 7.60. The fourth-order valence-electron chi connectivity index (χ4n) is 3.86. The van der Waals surface area contributed by atoms with Crippen LogP contribution in [0.2, 0.25) is 0 Å². The number of anilines is 1. The van der Waals surface area contributed by atoms with Crippen LogP contribution in [0.1, 0.15) is 26.7 Å². The highest BCUT2D eigenvalue weighted by molar-refractivity contribution is 7.13. The maximum absolute atomic E-state index is 12.2. The highest BCUT2D eigenvalue weighted by atomic mass is 32.1. The lowest BCUT2D eigenvalue weighted by Crippen LogP contribution is -2.28. The first-order valence-electron chi connectivity index (χ1n) is 12.5. The maximum atomic E-state index is 12.2. The van der Waals surface area contributed by atoms with Crippen LogP contribution in [0.5, 0.6) is 5.88 Å². The second kappa shape index (κ2) is 11.4. The Morgan fingerprint density at radius 1 is 1.03 bits per heavy atom. The van der Waals surface area contributed by atoms with Crippen molar-refractivity contribution >= 4 is 23.2 Å². The van der Waals surface area contributed by atoms with E-state index in [1.165, 1.54) is 11.3 Å². The Balaban J connectivity index is 1.65. The van der Waals surface area contributed by atoms with Crippen molar-refractivity contribution < 1.29 is 13.9 Å². The Morgan fingerprint density at radius 3 is 2.56 bits per heavy atom. The molecule has 11 heteroatoms. The first kappa shape index (κ1) is 26.0. The average molecular weight is 542 g/mol. The van der Waals surface area contributed by atoms with E-state index >= 15 is 0 Å². The molecular weight excluding hydrogens is 514 g/mol. The van der Waals surface area contributed by atoms with Crippen LogP contribution >= 0.6 is 11.3 Å². The molecule has 0 spiro atoms. The zero-order valence-corrected chi connectivity index (χ0v) is 22.7. The largest absolute Gasteiger partial charge is 0.475 e. The van der Waals surface area contributed by atoms with E-state index in [-0.39, 0.29) is 18.0 Å². The second-order valence-electron chi connectivity index (χ2n) is 8.88. The summed E-state index contributed by atoms with van der Waals surface area (Å²) in [6.45, 7) is 7.93. The minimum absolute atomic E-state index is 0.0985. The van der Waals surface area contributed by atoms with E-state index in [9.17, 15) is 4.79 Å². The molecule has 0 atom stereocenters. The summed E-state index contributed by atoms with van der Waals surface area (Å²) in [4.78, 5) is 26.3.